The molecule has 0 radical (unpaired) electrons. The lowest BCUT2D eigenvalue weighted by Crippen LogP contribution is -2.37. The molecule has 1 aliphatic rings. The van der Waals surface area contributed by atoms with Crippen molar-refractivity contribution >= 4 is 24.0 Å². The van der Waals surface area contributed by atoms with Gasteiger partial charge in [0.25, 0.3) is 0 Å². The lowest BCUT2D eigenvalue weighted by atomic mass is 9.95. The standard InChI is InChI=1S/C16H24FN3O.ClH/c17-14-5-1-2-6-15(14)19-16(21)8-11-20-10-3-4-13(12-20)7-9-18;/h1-2,5-6,13H,3-4,7-12,18H2,(H,19,21);1H. The Bertz CT molecular complexity index is 470. The molecule has 1 aromatic carbocycles. The maximum atomic E-state index is 13.4. The fourth-order valence-corrected chi connectivity index (χ4v) is 2.86. The lowest BCUT2D eigenvalue weighted by Gasteiger charge is -2.32. The summed E-state index contributed by atoms with van der Waals surface area (Å²) in [6, 6.07) is 6.24. The van der Waals surface area contributed by atoms with Crippen molar-refractivity contribution in [2.24, 2.45) is 11.7 Å². The molecule has 1 heterocycles. The van der Waals surface area contributed by atoms with Crippen molar-refractivity contribution in [3.8, 4) is 0 Å². The van der Waals surface area contributed by atoms with Gasteiger partial charge in [-0.25, -0.2) is 4.39 Å². The number of likely N-dealkylation sites (tertiary alicyclic amines) is 1. The van der Waals surface area contributed by atoms with Gasteiger partial charge in [-0.3, -0.25) is 4.79 Å². The number of piperidine rings is 1. The van der Waals surface area contributed by atoms with Gasteiger partial charge >= 0.3 is 0 Å². The molecule has 1 unspecified atom stereocenters. The number of hydrogen-bond donors (Lipinski definition) is 2. The molecule has 0 spiro atoms. The Morgan fingerprint density at radius 2 is 2.18 bits per heavy atom. The second kappa shape index (κ2) is 9.77. The number of nitrogens with two attached hydrogens (primary N) is 1. The quantitative estimate of drug-likeness (QED) is 0.843. The summed E-state index contributed by atoms with van der Waals surface area (Å²) < 4.78 is 13.4. The van der Waals surface area contributed by atoms with Gasteiger partial charge in [0.05, 0.1) is 5.69 Å². The van der Waals surface area contributed by atoms with Gasteiger partial charge in [0, 0.05) is 19.5 Å². The molecule has 1 aliphatic heterocycles. The Labute approximate surface area is 137 Å². The third kappa shape index (κ3) is 5.91. The van der Waals surface area contributed by atoms with Gasteiger partial charge in [-0.15, -0.1) is 12.4 Å². The van der Waals surface area contributed by atoms with E-state index in [4.69, 9.17) is 5.73 Å². The summed E-state index contributed by atoms with van der Waals surface area (Å²) >= 11 is 0. The molecular formula is C16H25ClFN3O. The minimum atomic E-state index is -0.396. The number of nitrogens with one attached hydrogen (secondary N) is 1. The number of nitrogens with zero attached hydrogens (tertiary/aromatic N) is 1. The van der Waals surface area contributed by atoms with E-state index in [-0.39, 0.29) is 24.0 Å². The molecule has 1 fully saturated rings. The van der Waals surface area contributed by atoms with Crippen molar-refractivity contribution < 1.29 is 9.18 Å². The predicted molar refractivity (Wildman–Crippen MR) is 89.7 cm³/mol. The van der Waals surface area contributed by atoms with Crippen LogP contribution in [0.25, 0.3) is 0 Å². The van der Waals surface area contributed by atoms with Crippen molar-refractivity contribution in [1.29, 1.82) is 0 Å². The summed E-state index contributed by atoms with van der Waals surface area (Å²) in [4.78, 5) is 14.2. The van der Waals surface area contributed by atoms with Crippen LogP contribution in [-0.2, 0) is 4.79 Å². The number of carbonyl (C=O) groups excluding carboxylic acids is 1. The van der Waals surface area contributed by atoms with E-state index in [1.54, 1.807) is 18.2 Å². The van der Waals surface area contributed by atoms with E-state index >= 15 is 0 Å². The van der Waals surface area contributed by atoms with Crippen LogP contribution in [0.2, 0.25) is 0 Å². The van der Waals surface area contributed by atoms with Crippen LogP contribution in [-0.4, -0.2) is 37.0 Å². The fourth-order valence-electron chi connectivity index (χ4n) is 2.86. The molecule has 124 valence electrons. The molecule has 4 nitrogen and oxygen atoms in total. The average molecular weight is 330 g/mol. The molecule has 1 atom stereocenters. The highest BCUT2D eigenvalue weighted by Gasteiger charge is 2.19. The van der Waals surface area contributed by atoms with Crippen molar-refractivity contribution in [2.45, 2.75) is 25.7 Å². The van der Waals surface area contributed by atoms with Gasteiger partial charge in [-0.2, -0.15) is 0 Å². The van der Waals surface area contributed by atoms with Crippen LogP contribution >= 0.6 is 12.4 Å². The maximum absolute atomic E-state index is 13.4. The van der Waals surface area contributed by atoms with Crippen LogP contribution in [0.4, 0.5) is 10.1 Å². The number of benzene rings is 1. The first-order valence-corrected chi connectivity index (χ1v) is 7.66. The number of anilines is 1. The summed E-state index contributed by atoms with van der Waals surface area (Å²) in [5, 5.41) is 2.63. The van der Waals surface area contributed by atoms with Gasteiger partial charge in [-0.1, -0.05) is 12.1 Å². The summed E-state index contributed by atoms with van der Waals surface area (Å²) in [5.74, 6) is 0.117. The Kier molecular flexibility index (Phi) is 8.38. The Morgan fingerprint density at radius 1 is 1.41 bits per heavy atom. The first-order valence-electron chi connectivity index (χ1n) is 7.66. The highest BCUT2D eigenvalue weighted by molar-refractivity contribution is 5.90. The number of para-hydroxylation sites is 1. The Hall–Kier alpha value is -1.17. The summed E-state index contributed by atoms with van der Waals surface area (Å²) in [7, 11) is 0. The van der Waals surface area contributed by atoms with E-state index in [2.05, 4.69) is 10.2 Å². The molecule has 0 aromatic heterocycles. The first-order chi connectivity index (χ1) is 10.2. The van der Waals surface area contributed by atoms with Crippen molar-refractivity contribution in [2.75, 3.05) is 31.5 Å². The van der Waals surface area contributed by atoms with E-state index in [0.29, 0.717) is 12.3 Å². The third-order valence-electron chi connectivity index (χ3n) is 3.98. The Morgan fingerprint density at radius 3 is 2.91 bits per heavy atom. The molecule has 0 bridgehead atoms. The molecular weight excluding hydrogens is 305 g/mol. The number of hydrogen-bond acceptors (Lipinski definition) is 3. The SMILES string of the molecule is Cl.NCCC1CCCN(CCC(=O)Nc2ccccc2F)C1. The van der Waals surface area contributed by atoms with Gasteiger partial charge in [0.1, 0.15) is 5.82 Å². The van der Waals surface area contributed by atoms with Crippen molar-refractivity contribution in [1.82, 2.24) is 4.90 Å². The minimum Gasteiger partial charge on any atom is -0.330 e. The van der Waals surface area contributed by atoms with Crippen LogP contribution in [0.1, 0.15) is 25.7 Å². The molecule has 1 amide bonds. The average Bonchev–Trinajstić information content (AvgIpc) is 2.48. The third-order valence-corrected chi connectivity index (χ3v) is 3.98. The van der Waals surface area contributed by atoms with Crippen LogP contribution in [0, 0.1) is 11.7 Å². The summed E-state index contributed by atoms with van der Waals surface area (Å²) in [6.45, 7) is 3.51. The second-order valence-electron chi connectivity index (χ2n) is 5.66. The molecule has 3 N–H and O–H groups in total. The highest BCUT2D eigenvalue weighted by Crippen LogP contribution is 2.19. The molecule has 0 saturated carbocycles. The second-order valence-corrected chi connectivity index (χ2v) is 5.66. The maximum Gasteiger partial charge on any atom is 0.225 e. The van der Waals surface area contributed by atoms with Crippen molar-refractivity contribution in [3.63, 3.8) is 0 Å². The zero-order chi connectivity index (χ0) is 15.1. The van der Waals surface area contributed by atoms with Crippen LogP contribution < -0.4 is 11.1 Å². The van der Waals surface area contributed by atoms with E-state index < -0.39 is 5.82 Å². The van der Waals surface area contributed by atoms with E-state index in [1.165, 1.54) is 18.9 Å². The molecule has 22 heavy (non-hydrogen) atoms. The number of rotatable bonds is 6. The summed E-state index contributed by atoms with van der Waals surface area (Å²) in [5.41, 5.74) is 5.86. The lowest BCUT2D eigenvalue weighted by molar-refractivity contribution is -0.116. The summed E-state index contributed by atoms with van der Waals surface area (Å²) in [6.07, 6.45) is 3.84. The number of halogens is 2. The van der Waals surface area contributed by atoms with E-state index in [0.717, 1.165) is 32.6 Å². The number of carbonyl (C=O) groups is 1. The molecule has 0 aliphatic carbocycles. The molecule has 1 aromatic rings. The largest absolute Gasteiger partial charge is 0.330 e. The first kappa shape index (κ1) is 18.9. The minimum absolute atomic E-state index is 0. The van der Waals surface area contributed by atoms with Crippen molar-refractivity contribution in [3.05, 3.63) is 30.1 Å². The fraction of sp³-hybridized carbons (Fsp3) is 0.562. The molecule has 2 rings (SSSR count). The normalized spacial score (nSPS) is 18.5. The van der Waals surface area contributed by atoms with Crippen LogP contribution in [0.5, 0.6) is 0 Å². The van der Waals surface area contributed by atoms with Crippen LogP contribution in [0.15, 0.2) is 24.3 Å². The van der Waals surface area contributed by atoms with Gasteiger partial charge < -0.3 is 16.0 Å². The van der Waals surface area contributed by atoms with E-state index in [9.17, 15) is 9.18 Å². The van der Waals surface area contributed by atoms with E-state index in [1.807, 2.05) is 0 Å². The topological polar surface area (TPSA) is 58.4 Å². The molecule has 6 heteroatoms. The zero-order valence-corrected chi connectivity index (χ0v) is 13.6. The van der Waals surface area contributed by atoms with Crippen LogP contribution in [0.3, 0.4) is 0 Å². The zero-order valence-electron chi connectivity index (χ0n) is 12.8. The van der Waals surface area contributed by atoms with Gasteiger partial charge in [0.2, 0.25) is 5.91 Å². The number of amides is 1. The molecule has 1 saturated heterocycles. The predicted octanol–water partition coefficient (Wildman–Crippen LogP) is 2.64. The monoisotopic (exact) mass is 329 g/mol. The van der Waals surface area contributed by atoms with Gasteiger partial charge in [0.15, 0.2) is 0 Å². The highest BCUT2D eigenvalue weighted by atomic mass is 35.5. The smallest absolute Gasteiger partial charge is 0.225 e. The van der Waals surface area contributed by atoms with Gasteiger partial charge in [-0.05, 0) is 50.4 Å². The Balaban J connectivity index is 0.00000242.